The number of hydrogen-bond acceptors (Lipinski definition) is 3. The molecule has 2 aromatic rings. The molecule has 19 heavy (non-hydrogen) atoms. The molecule has 1 aromatic carbocycles. The summed E-state index contributed by atoms with van der Waals surface area (Å²) in [6, 6.07) is 9.33. The Morgan fingerprint density at radius 3 is 2.53 bits per heavy atom. The molecule has 2 rings (SSSR count). The number of carboxylic acids is 1. The molecule has 0 bridgehead atoms. The van der Waals surface area contributed by atoms with Crippen molar-refractivity contribution in [3.05, 3.63) is 54.1 Å². The van der Waals surface area contributed by atoms with E-state index in [1.54, 1.807) is 30.3 Å². The van der Waals surface area contributed by atoms with Gasteiger partial charge in [-0.1, -0.05) is 24.3 Å². The number of aliphatic carboxylic acids is 1. The summed E-state index contributed by atoms with van der Waals surface area (Å²) >= 11 is 0. The van der Waals surface area contributed by atoms with Crippen molar-refractivity contribution in [2.24, 2.45) is 5.73 Å². The molecule has 3 N–H and O–H groups in total. The Bertz CT molecular complexity index is 584. The molecule has 5 heteroatoms. The fraction of sp³-hybridized carbons (Fsp3) is 0.143. The maximum atomic E-state index is 13.0. The molecule has 1 aromatic heterocycles. The van der Waals surface area contributed by atoms with E-state index < -0.39 is 18.0 Å². The van der Waals surface area contributed by atoms with Crippen LogP contribution in [-0.2, 0) is 11.2 Å². The largest absolute Gasteiger partial charge is 0.480 e. The Kier molecular flexibility index (Phi) is 3.87. The highest BCUT2D eigenvalue weighted by molar-refractivity contribution is 5.73. The van der Waals surface area contributed by atoms with Crippen molar-refractivity contribution in [1.82, 2.24) is 4.98 Å². The topological polar surface area (TPSA) is 76.2 Å². The van der Waals surface area contributed by atoms with Gasteiger partial charge in [-0.25, -0.2) is 4.98 Å². The Labute approximate surface area is 109 Å². The highest BCUT2D eigenvalue weighted by Crippen LogP contribution is 2.20. The first-order valence-electron chi connectivity index (χ1n) is 5.75. The Balaban J connectivity index is 2.17. The molecule has 0 radical (unpaired) electrons. The molecule has 0 aliphatic carbocycles. The molecule has 1 heterocycles. The quantitative estimate of drug-likeness (QED) is 0.822. The molecule has 0 aliphatic heterocycles. The molecule has 0 unspecified atom stereocenters. The zero-order valence-electron chi connectivity index (χ0n) is 10.1. The molecule has 0 spiro atoms. The van der Waals surface area contributed by atoms with Gasteiger partial charge in [-0.15, -0.1) is 0 Å². The fourth-order valence-corrected chi connectivity index (χ4v) is 1.76. The summed E-state index contributed by atoms with van der Waals surface area (Å²) in [4.78, 5) is 14.1. The van der Waals surface area contributed by atoms with Crippen molar-refractivity contribution in [3.63, 3.8) is 0 Å². The molecule has 0 amide bonds. The van der Waals surface area contributed by atoms with Gasteiger partial charge in [-0.2, -0.15) is 4.39 Å². The zero-order valence-corrected chi connectivity index (χ0v) is 10.1. The zero-order chi connectivity index (χ0) is 13.8. The predicted molar refractivity (Wildman–Crippen MR) is 68.9 cm³/mol. The number of pyridine rings is 1. The smallest absolute Gasteiger partial charge is 0.320 e. The second-order valence-electron chi connectivity index (χ2n) is 4.21. The minimum Gasteiger partial charge on any atom is -0.480 e. The standard InChI is InChI=1S/C14H13FN2O2/c15-13-8-11(5-6-17-13)10-3-1-9(2-4-10)7-12(16)14(18)19/h1-6,8,12H,7,16H2,(H,18,19)/t12-/m0/s1. The first-order chi connectivity index (χ1) is 9.06. The lowest BCUT2D eigenvalue weighted by Gasteiger charge is -2.07. The van der Waals surface area contributed by atoms with Crippen LogP contribution in [0.25, 0.3) is 11.1 Å². The van der Waals surface area contributed by atoms with Gasteiger partial charge in [0.15, 0.2) is 0 Å². The van der Waals surface area contributed by atoms with Gasteiger partial charge in [0.2, 0.25) is 5.95 Å². The number of benzene rings is 1. The summed E-state index contributed by atoms with van der Waals surface area (Å²) in [5, 5.41) is 8.73. The van der Waals surface area contributed by atoms with Crippen molar-refractivity contribution >= 4 is 5.97 Å². The molecule has 4 nitrogen and oxygen atoms in total. The summed E-state index contributed by atoms with van der Waals surface area (Å²) < 4.78 is 13.0. The number of rotatable bonds is 4. The molecule has 0 saturated carbocycles. The van der Waals surface area contributed by atoms with Crippen molar-refractivity contribution in [3.8, 4) is 11.1 Å². The third-order valence-electron chi connectivity index (χ3n) is 2.79. The minimum atomic E-state index is -1.03. The van der Waals surface area contributed by atoms with Gasteiger partial charge in [-0.3, -0.25) is 4.79 Å². The molecule has 1 atom stereocenters. The van der Waals surface area contributed by atoms with Crippen LogP contribution in [0.3, 0.4) is 0 Å². The second kappa shape index (κ2) is 5.58. The highest BCUT2D eigenvalue weighted by atomic mass is 19.1. The maximum Gasteiger partial charge on any atom is 0.320 e. The Morgan fingerprint density at radius 2 is 1.95 bits per heavy atom. The van der Waals surface area contributed by atoms with Gasteiger partial charge in [-0.05, 0) is 29.2 Å². The molecule has 0 fully saturated rings. The number of carbonyl (C=O) groups is 1. The lowest BCUT2D eigenvalue weighted by molar-refractivity contribution is -0.138. The van der Waals surface area contributed by atoms with Crippen molar-refractivity contribution < 1.29 is 14.3 Å². The third-order valence-corrected chi connectivity index (χ3v) is 2.79. The molecular formula is C14H13FN2O2. The normalized spacial score (nSPS) is 12.1. The van der Waals surface area contributed by atoms with E-state index in [1.165, 1.54) is 12.3 Å². The summed E-state index contributed by atoms with van der Waals surface area (Å²) in [7, 11) is 0. The summed E-state index contributed by atoms with van der Waals surface area (Å²) in [6.45, 7) is 0. The number of carboxylic acid groups (broad SMARTS) is 1. The van der Waals surface area contributed by atoms with E-state index in [0.717, 1.165) is 16.7 Å². The molecule has 0 aliphatic rings. The van der Waals surface area contributed by atoms with E-state index in [4.69, 9.17) is 10.8 Å². The number of aromatic nitrogens is 1. The van der Waals surface area contributed by atoms with Gasteiger partial charge in [0.05, 0.1) is 0 Å². The minimum absolute atomic E-state index is 0.264. The van der Waals surface area contributed by atoms with E-state index in [-0.39, 0.29) is 6.42 Å². The van der Waals surface area contributed by atoms with E-state index >= 15 is 0 Å². The van der Waals surface area contributed by atoms with Crippen LogP contribution in [0.15, 0.2) is 42.6 Å². The van der Waals surface area contributed by atoms with Gasteiger partial charge < -0.3 is 10.8 Å². The Hall–Kier alpha value is -2.27. The summed E-state index contributed by atoms with van der Waals surface area (Å²) in [5.41, 5.74) is 7.85. The van der Waals surface area contributed by atoms with E-state index in [0.29, 0.717) is 0 Å². The SMILES string of the molecule is N[C@@H](Cc1ccc(-c2ccnc(F)c2)cc1)C(=O)O. The van der Waals surface area contributed by atoms with Crippen LogP contribution in [0.2, 0.25) is 0 Å². The van der Waals surface area contributed by atoms with Crippen LogP contribution in [0.5, 0.6) is 0 Å². The molecule has 0 saturated heterocycles. The summed E-state index contributed by atoms with van der Waals surface area (Å²) in [5.74, 6) is -1.56. The van der Waals surface area contributed by atoms with Crippen molar-refractivity contribution in [2.45, 2.75) is 12.5 Å². The first kappa shape index (κ1) is 13.2. The van der Waals surface area contributed by atoms with Crippen LogP contribution in [-0.4, -0.2) is 22.1 Å². The van der Waals surface area contributed by atoms with Crippen LogP contribution in [0.1, 0.15) is 5.56 Å². The molecular weight excluding hydrogens is 247 g/mol. The molecule has 98 valence electrons. The number of nitrogens with two attached hydrogens (primary N) is 1. The second-order valence-corrected chi connectivity index (χ2v) is 4.21. The van der Waals surface area contributed by atoms with E-state index in [1.807, 2.05) is 0 Å². The van der Waals surface area contributed by atoms with Crippen LogP contribution >= 0.6 is 0 Å². The van der Waals surface area contributed by atoms with E-state index in [2.05, 4.69) is 4.98 Å². The van der Waals surface area contributed by atoms with E-state index in [9.17, 15) is 9.18 Å². The van der Waals surface area contributed by atoms with Gasteiger partial charge in [0.1, 0.15) is 6.04 Å². The predicted octanol–water partition coefficient (Wildman–Crippen LogP) is 1.84. The lowest BCUT2D eigenvalue weighted by atomic mass is 10.0. The first-order valence-corrected chi connectivity index (χ1v) is 5.75. The number of nitrogens with zero attached hydrogens (tertiary/aromatic N) is 1. The average molecular weight is 260 g/mol. The van der Waals surface area contributed by atoms with Crippen molar-refractivity contribution in [1.29, 1.82) is 0 Å². The van der Waals surface area contributed by atoms with Gasteiger partial charge >= 0.3 is 5.97 Å². The third kappa shape index (κ3) is 3.35. The van der Waals surface area contributed by atoms with Gasteiger partial charge in [0.25, 0.3) is 0 Å². The highest BCUT2D eigenvalue weighted by Gasteiger charge is 2.11. The monoisotopic (exact) mass is 260 g/mol. The fourth-order valence-electron chi connectivity index (χ4n) is 1.76. The Morgan fingerprint density at radius 1 is 1.26 bits per heavy atom. The van der Waals surface area contributed by atoms with Gasteiger partial charge in [0, 0.05) is 12.3 Å². The summed E-state index contributed by atoms with van der Waals surface area (Å²) in [6.07, 6.45) is 1.67. The number of hydrogen-bond donors (Lipinski definition) is 2. The number of halogens is 1. The lowest BCUT2D eigenvalue weighted by Crippen LogP contribution is -2.32. The average Bonchev–Trinajstić information content (AvgIpc) is 2.39. The van der Waals surface area contributed by atoms with Crippen molar-refractivity contribution in [2.75, 3.05) is 0 Å². The van der Waals surface area contributed by atoms with Crippen LogP contribution in [0, 0.1) is 5.95 Å². The maximum absolute atomic E-state index is 13.0. The van der Waals surface area contributed by atoms with Crippen LogP contribution in [0.4, 0.5) is 4.39 Å². The van der Waals surface area contributed by atoms with Crippen LogP contribution < -0.4 is 5.73 Å².